The van der Waals surface area contributed by atoms with Gasteiger partial charge >= 0.3 is 0 Å². The number of carbonyl (C=O) groups is 2. The number of nitrogens with two attached hydrogens (primary N) is 1. The SMILES string of the molecule is CCOc1ccccc1C(CC(C)C)NC(=O)CNC(=O)CN. The summed E-state index contributed by atoms with van der Waals surface area (Å²) in [5.74, 6) is 0.569. The molecular weight excluding hydrogens is 294 g/mol. The molecule has 4 N–H and O–H groups in total. The number of ether oxygens (including phenoxy) is 1. The van der Waals surface area contributed by atoms with E-state index in [-0.39, 0.29) is 30.9 Å². The predicted octanol–water partition coefficient (Wildman–Crippen LogP) is 1.36. The first-order valence-corrected chi connectivity index (χ1v) is 7.95. The van der Waals surface area contributed by atoms with Crippen LogP contribution in [0.4, 0.5) is 0 Å². The van der Waals surface area contributed by atoms with Gasteiger partial charge in [0.2, 0.25) is 11.8 Å². The van der Waals surface area contributed by atoms with Crippen LogP contribution in [0.15, 0.2) is 24.3 Å². The van der Waals surface area contributed by atoms with Crippen molar-refractivity contribution in [2.24, 2.45) is 11.7 Å². The molecule has 128 valence electrons. The van der Waals surface area contributed by atoms with E-state index in [4.69, 9.17) is 10.5 Å². The summed E-state index contributed by atoms with van der Waals surface area (Å²) in [7, 11) is 0. The van der Waals surface area contributed by atoms with Gasteiger partial charge in [-0.2, -0.15) is 0 Å². The molecular formula is C17H27N3O3. The smallest absolute Gasteiger partial charge is 0.239 e. The second kappa shape index (κ2) is 9.84. The van der Waals surface area contributed by atoms with Gasteiger partial charge in [-0.1, -0.05) is 32.0 Å². The summed E-state index contributed by atoms with van der Waals surface area (Å²) in [6.45, 7) is 6.47. The van der Waals surface area contributed by atoms with E-state index in [1.54, 1.807) is 0 Å². The molecule has 0 radical (unpaired) electrons. The Balaban J connectivity index is 2.84. The summed E-state index contributed by atoms with van der Waals surface area (Å²) in [6.07, 6.45) is 0.778. The quantitative estimate of drug-likeness (QED) is 0.640. The van der Waals surface area contributed by atoms with E-state index in [0.717, 1.165) is 17.7 Å². The Hall–Kier alpha value is -2.08. The van der Waals surface area contributed by atoms with Crippen LogP contribution in [-0.2, 0) is 9.59 Å². The standard InChI is InChI=1S/C17H27N3O3/c1-4-23-15-8-6-5-7-13(15)14(9-12(2)3)20-17(22)11-19-16(21)10-18/h5-8,12,14H,4,9-11,18H2,1-3H3,(H,19,21)(H,20,22). The van der Waals surface area contributed by atoms with E-state index in [9.17, 15) is 9.59 Å². The third kappa shape index (κ3) is 6.69. The van der Waals surface area contributed by atoms with E-state index in [2.05, 4.69) is 24.5 Å². The van der Waals surface area contributed by atoms with Gasteiger partial charge in [0.25, 0.3) is 0 Å². The number of nitrogens with one attached hydrogen (secondary N) is 2. The van der Waals surface area contributed by atoms with Crippen molar-refractivity contribution in [2.45, 2.75) is 33.2 Å². The monoisotopic (exact) mass is 321 g/mol. The van der Waals surface area contributed by atoms with Crippen molar-refractivity contribution < 1.29 is 14.3 Å². The minimum atomic E-state index is -0.352. The van der Waals surface area contributed by atoms with Gasteiger partial charge in [0, 0.05) is 5.56 Å². The molecule has 0 saturated carbocycles. The Bertz CT molecular complexity index is 518. The highest BCUT2D eigenvalue weighted by Crippen LogP contribution is 2.29. The molecule has 1 aromatic carbocycles. The molecule has 2 amide bonds. The lowest BCUT2D eigenvalue weighted by Crippen LogP contribution is -2.41. The van der Waals surface area contributed by atoms with Gasteiger partial charge in [0.1, 0.15) is 5.75 Å². The minimum Gasteiger partial charge on any atom is -0.494 e. The summed E-state index contributed by atoms with van der Waals surface area (Å²) >= 11 is 0. The Morgan fingerprint density at radius 3 is 2.52 bits per heavy atom. The zero-order valence-electron chi connectivity index (χ0n) is 14.1. The van der Waals surface area contributed by atoms with Crippen LogP contribution >= 0.6 is 0 Å². The van der Waals surface area contributed by atoms with Crippen LogP contribution in [0, 0.1) is 5.92 Å². The molecule has 1 aromatic rings. The topological polar surface area (TPSA) is 93.5 Å². The van der Waals surface area contributed by atoms with Crippen molar-refractivity contribution >= 4 is 11.8 Å². The van der Waals surface area contributed by atoms with Crippen LogP contribution in [0.25, 0.3) is 0 Å². The van der Waals surface area contributed by atoms with E-state index < -0.39 is 0 Å². The van der Waals surface area contributed by atoms with Crippen LogP contribution in [0.2, 0.25) is 0 Å². The molecule has 0 heterocycles. The second-order valence-corrected chi connectivity index (χ2v) is 5.70. The fourth-order valence-electron chi connectivity index (χ4n) is 2.29. The van der Waals surface area contributed by atoms with Gasteiger partial charge in [0.05, 0.1) is 25.7 Å². The molecule has 0 aliphatic rings. The average Bonchev–Trinajstić information content (AvgIpc) is 2.52. The first-order valence-electron chi connectivity index (χ1n) is 7.95. The van der Waals surface area contributed by atoms with Crippen molar-refractivity contribution in [3.8, 4) is 5.75 Å². The molecule has 0 spiro atoms. The summed E-state index contributed by atoms with van der Waals surface area (Å²) in [6, 6.07) is 7.52. The van der Waals surface area contributed by atoms with E-state index >= 15 is 0 Å². The molecule has 23 heavy (non-hydrogen) atoms. The number of carbonyl (C=O) groups excluding carboxylic acids is 2. The molecule has 0 bridgehead atoms. The fraction of sp³-hybridized carbons (Fsp3) is 0.529. The molecule has 0 fully saturated rings. The molecule has 1 unspecified atom stereocenters. The Labute approximate surface area is 137 Å². The number of rotatable bonds is 9. The lowest BCUT2D eigenvalue weighted by Gasteiger charge is -2.23. The first-order chi connectivity index (χ1) is 11.0. The first kappa shape index (κ1) is 19.0. The normalized spacial score (nSPS) is 11.9. The Morgan fingerprint density at radius 1 is 1.22 bits per heavy atom. The lowest BCUT2D eigenvalue weighted by molar-refractivity contribution is -0.125. The highest BCUT2D eigenvalue weighted by atomic mass is 16.5. The number of hydrogen-bond donors (Lipinski definition) is 3. The Kier molecular flexibility index (Phi) is 8.11. The third-order valence-electron chi connectivity index (χ3n) is 3.27. The summed E-state index contributed by atoms with van der Waals surface area (Å²) in [4.78, 5) is 23.2. The largest absolute Gasteiger partial charge is 0.494 e. The lowest BCUT2D eigenvalue weighted by atomic mass is 9.96. The zero-order chi connectivity index (χ0) is 17.2. The van der Waals surface area contributed by atoms with Gasteiger partial charge in [-0.15, -0.1) is 0 Å². The molecule has 0 aromatic heterocycles. The van der Waals surface area contributed by atoms with Crippen LogP contribution in [-0.4, -0.2) is 31.5 Å². The molecule has 1 atom stereocenters. The number of benzene rings is 1. The molecule has 1 rings (SSSR count). The highest BCUT2D eigenvalue weighted by molar-refractivity contribution is 5.85. The Morgan fingerprint density at radius 2 is 1.91 bits per heavy atom. The maximum atomic E-state index is 12.1. The van der Waals surface area contributed by atoms with Crippen LogP contribution in [0.5, 0.6) is 5.75 Å². The fourth-order valence-corrected chi connectivity index (χ4v) is 2.29. The minimum absolute atomic E-state index is 0.0819. The van der Waals surface area contributed by atoms with Gasteiger partial charge in [0.15, 0.2) is 0 Å². The van der Waals surface area contributed by atoms with Crippen molar-refractivity contribution in [1.82, 2.24) is 10.6 Å². The van der Waals surface area contributed by atoms with Crippen molar-refractivity contribution in [3.05, 3.63) is 29.8 Å². The molecule has 6 heteroatoms. The van der Waals surface area contributed by atoms with Gasteiger partial charge in [-0.05, 0) is 25.3 Å². The average molecular weight is 321 g/mol. The van der Waals surface area contributed by atoms with E-state index in [0.29, 0.717) is 12.5 Å². The van der Waals surface area contributed by atoms with Gasteiger partial charge in [-0.25, -0.2) is 0 Å². The van der Waals surface area contributed by atoms with Gasteiger partial charge in [-0.3, -0.25) is 9.59 Å². The highest BCUT2D eigenvalue weighted by Gasteiger charge is 2.19. The summed E-state index contributed by atoms with van der Waals surface area (Å²) in [5.41, 5.74) is 6.16. The van der Waals surface area contributed by atoms with Crippen molar-refractivity contribution in [1.29, 1.82) is 0 Å². The van der Waals surface area contributed by atoms with Crippen LogP contribution in [0.1, 0.15) is 38.8 Å². The van der Waals surface area contributed by atoms with Crippen LogP contribution in [0.3, 0.4) is 0 Å². The third-order valence-corrected chi connectivity index (χ3v) is 3.27. The number of hydrogen-bond acceptors (Lipinski definition) is 4. The molecule has 0 aliphatic carbocycles. The summed E-state index contributed by atoms with van der Waals surface area (Å²) in [5, 5.41) is 5.44. The maximum absolute atomic E-state index is 12.1. The van der Waals surface area contributed by atoms with Crippen molar-refractivity contribution in [2.75, 3.05) is 19.7 Å². The number of amides is 2. The molecule has 0 saturated heterocycles. The second-order valence-electron chi connectivity index (χ2n) is 5.70. The maximum Gasteiger partial charge on any atom is 0.239 e. The number of para-hydroxylation sites is 1. The predicted molar refractivity (Wildman–Crippen MR) is 90.0 cm³/mol. The van der Waals surface area contributed by atoms with E-state index in [1.807, 2.05) is 31.2 Å². The van der Waals surface area contributed by atoms with Crippen molar-refractivity contribution in [3.63, 3.8) is 0 Å². The molecule has 0 aliphatic heterocycles. The van der Waals surface area contributed by atoms with Crippen LogP contribution < -0.4 is 21.1 Å². The van der Waals surface area contributed by atoms with E-state index in [1.165, 1.54) is 0 Å². The molecule has 6 nitrogen and oxygen atoms in total. The zero-order valence-corrected chi connectivity index (χ0v) is 14.1. The van der Waals surface area contributed by atoms with Gasteiger partial charge < -0.3 is 21.1 Å². The summed E-state index contributed by atoms with van der Waals surface area (Å²) < 4.78 is 5.66.